The highest BCUT2D eigenvalue weighted by Gasteiger charge is 2.43. The largest absolute Gasteiger partial charge is 0.445 e. The van der Waals surface area contributed by atoms with Crippen LogP contribution in [0.25, 0.3) is 0 Å². The Kier molecular flexibility index (Phi) is 31.7. The maximum absolute atomic E-state index is 14.4. The van der Waals surface area contributed by atoms with Crippen molar-refractivity contribution in [3.05, 3.63) is 77.9 Å². The van der Waals surface area contributed by atoms with Gasteiger partial charge in [0.1, 0.15) is 30.8 Å². The summed E-state index contributed by atoms with van der Waals surface area (Å²) in [6, 6.07) is 8.55. The molecule has 26 nitrogen and oxygen atoms in total. The SMILES string of the molecule is CC[C@H](C)[C@H](NC(=O)C(NC(=O)C(NC(=O)OCc1ccc(NC(=O)C(CCCNC(N)=O)NC(=O)C(NC(=O)CCCCCN2C(=O)C=CC2=O)C(C)C)cc1)C(C)C)C(C)C)[C@@H](CC(=O)N1CCC[C@H]1[C@H](OC)[C@@H](C)C(=O)N[C@H](C)[C@@H](O)c1ccccc1)OC. The molecule has 0 bridgehead atoms. The van der Waals surface area contributed by atoms with E-state index in [0.717, 1.165) is 4.90 Å². The first kappa shape index (κ1) is 76.5. The van der Waals surface area contributed by atoms with Crippen molar-refractivity contribution < 1.29 is 72.1 Å². The third-order valence-corrected chi connectivity index (χ3v) is 16.9. The fraction of sp³-hybridized carbons (Fsp3) is 0.621. The molecule has 0 aromatic heterocycles. The van der Waals surface area contributed by atoms with Crippen molar-refractivity contribution in [3.63, 3.8) is 0 Å². The normalized spacial score (nSPS) is 17.5. The third kappa shape index (κ3) is 23.6. The molecule has 12 amide bonds. The van der Waals surface area contributed by atoms with E-state index >= 15 is 0 Å². The van der Waals surface area contributed by atoms with E-state index in [9.17, 15) is 57.8 Å². The molecule has 2 aromatic carbocycles. The van der Waals surface area contributed by atoms with Crippen LogP contribution in [0.5, 0.6) is 0 Å². The summed E-state index contributed by atoms with van der Waals surface area (Å²) >= 11 is 0. The van der Waals surface area contributed by atoms with Crippen LogP contribution in [0.2, 0.25) is 0 Å². The number of amides is 12. The van der Waals surface area contributed by atoms with E-state index < -0.39 is 120 Å². The summed E-state index contributed by atoms with van der Waals surface area (Å²) in [6.45, 7) is 18.4. The molecule has 0 radical (unpaired) electrons. The number of rotatable bonds is 38. The molecule has 0 saturated carbocycles. The Morgan fingerprint density at radius 1 is 0.674 bits per heavy atom. The van der Waals surface area contributed by atoms with Gasteiger partial charge in [-0.1, -0.05) is 118 Å². The second kappa shape index (κ2) is 38.1. The lowest BCUT2D eigenvalue weighted by Gasteiger charge is -2.37. The van der Waals surface area contributed by atoms with Gasteiger partial charge in [-0.2, -0.15) is 0 Å². The fourth-order valence-corrected chi connectivity index (χ4v) is 11.2. The Balaban J connectivity index is 1.33. The molecule has 11 N–H and O–H groups in total. The van der Waals surface area contributed by atoms with Gasteiger partial charge in [-0.15, -0.1) is 0 Å². The van der Waals surface area contributed by atoms with Gasteiger partial charge in [0.05, 0.1) is 48.8 Å². The minimum atomic E-state index is -1.14. The smallest absolute Gasteiger partial charge is 0.408 e. The van der Waals surface area contributed by atoms with Crippen LogP contribution >= 0.6 is 0 Å². The lowest BCUT2D eigenvalue weighted by atomic mass is 9.90. The number of hydrogen-bond acceptors (Lipinski definition) is 15. The number of alkyl carbamates (subject to hydrolysis) is 1. The molecular formula is C66H101N11O15. The van der Waals surface area contributed by atoms with Crippen LogP contribution in [0, 0.1) is 29.6 Å². The minimum Gasteiger partial charge on any atom is -0.445 e. The zero-order valence-electron chi connectivity index (χ0n) is 55.5. The number of imide groups is 1. The Labute approximate surface area is 541 Å². The maximum Gasteiger partial charge on any atom is 0.408 e. The van der Waals surface area contributed by atoms with Gasteiger partial charge in [0.25, 0.3) is 11.8 Å². The number of benzene rings is 2. The molecule has 1 fully saturated rings. The van der Waals surface area contributed by atoms with Gasteiger partial charge in [0.2, 0.25) is 41.4 Å². The summed E-state index contributed by atoms with van der Waals surface area (Å²) in [4.78, 5) is 148. The summed E-state index contributed by atoms with van der Waals surface area (Å²) < 4.78 is 17.4. The van der Waals surface area contributed by atoms with Crippen molar-refractivity contribution >= 4 is 71.0 Å². The van der Waals surface area contributed by atoms with E-state index in [4.69, 9.17) is 19.9 Å². The van der Waals surface area contributed by atoms with Crippen LogP contribution in [0.15, 0.2) is 66.7 Å². The highest BCUT2D eigenvalue weighted by Crippen LogP contribution is 2.29. The molecule has 2 aliphatic rings. The summed E-state index contributed by atoms with van der Waals surface area (Å²) in [5, 5.41) is 33.1. The quantitative estimate of drug-likeness (QED) is 0.0329. The molecular weight excluding hydrogens is 1190 g/mol. The number of nitrogens with two attached hydrogens (primary N) is 1. The van der Waals surface area contributed by atoms with Crippen LogP contribution in [0.3, 0.4) is 0 Å². The van der Waals surface area contributed by atoms with Gasteiger partial charge in [0.15, 0.2) is 0 Å². The predicted molar refractivity (Wildman–Crippen MR) is 344 cm³/mol. The number of hydrogen-bond donors (Lipinski definition) is 10. The van der Waals surface area contributed by atoms with E-state index in [-0.39, 0.29) is 80.8 Å². The Morgan fingerprint density at radius 3 is 1.86 bits per heavy atom. The second-order valence-electron chi connectivity index (χ2n) is 25.0. The first-order chi connectivity index (χ1) is 43.6. The van der Waals surface area contributed by atoms with Crippen molar-refractivity contribution in [2.45, 2.75) is 201 Å². The number of ether oxygens (including phenoxy) is 3. The number of urea groups is 1. The van der Waals surface area contributed by atoms with Crippen molar-refractivity contribution in [2.24, 2.45) is 35.3 Å². The first-order valence-electron chi connectivity index (χ1n) is 32.1. The highest BCUT2D eigenvalue weighted by molar-refractivity contribution is 6.12. The minimum absolute atomic E-state index is 0.0834. The number of aliphatic hydroxyl groups excluding tert-OH is 1. The average Bonchev–Trinajstić information content (AvgIpc) is 1.62. The number of unbranched alkanes of at least 4 members (excludes halogenated alkanes) is 2. The number of primary amides is 1. The first-order valence-corrected chi connectivity index (χ1v) is 32.1. The maximum atomic E-state index is 14.4. The summed E-state index contributed by atoms with van der Waals surface area (Å²) in [7, 11) is 2.98. The van der Waals surface area contributed by atoms with Crippen LogP contribution in [-0.2, 0) is 64.0 Å². The average molecular weight is 1290 g/mol. The van der Waals surface area contributed by atoms with Crippen LogP contribution in [-0.4, -0.2) is 169 Å². The van der Waals surface area contributed by atoms with Gasteiger partial charge < -0.3 is 72.5 Å². The molecule has 0 spiro atoms. The number of anilines is 1. The molecule has 2 heterocycles. The van der Waals surface area contributed by atoms with E-state index in [1.165, 1.54) is 26.4 Å². The summed E-state index contributed by atoms with van der Waals surface area (Å²) in [6.07, 6.45) is 2.80. The zero-order chi connectivity index (χ0) is 68.4. The van der Waals surface area contributed by atoms with Gasteiger partial charge in [-0.05, 0) is 92.4 Å². The number of nitrogens with zero attached hydrogens (tertiary/aromatic N) is 2. The number of likely N-dealkylation sites (tertiary alicyclic amines) is 1. The number of carbonyl (C=O) groups is 11. The van der Waals surface area contributed by atoms with Crippen LogP contribution in [0.1, 0.15) is 151 Å². The lowest BCUT2D eigenvalue weighted by Crippen LogP contribution is -2.60. The lowest BCUT2D eigenvalue weighted by molar-refractivity contribution is -0.143. The molecule has 26 heteroatoms. The van der Waals surface area contributed by atoms with Gasteiger partial charge in [-0.25, -0.2) is 9.59 Å². The van der Waals surface area contributed by atoms with E-state index in [2.05, 4.69) is 42.5 Å². The molecule has 2 aliphatic heterocycles. The van der Waals surface area contributed by atoms with E-state index in [0.29, 0.717) is 61.9 Å². The molecule has 4 rings (SSSR count). The zero-order valence-corrected chi connectivity index (χ0v) is 55.5. The fourth-order valence-electron chi connectivity index (χ4n) is 11.2. The number of nitrogens with one attached hydrogen (secondary N) is 8. The molecule has 92 heavy (non-hydrogen) atoms. The Hall–Kier alpha value is -7.97. The van der Waals surface area contributed by atoms with Crippen LogP contribution in [0.4, 0.5) is 15.3 Å². The summed E-state index contributed by atoms with van der Waals surface area (Å²) in [5.41, 5.74) is 6.74. The molecule has 2 aromatic rings. The van der Waals surface area contributed by atoms with Crippen LogP contribution < -0.4 is 48.3 Å². The van der Waals surface area contributed by atoms with E-state index in [1.54, 1.807) is 96.7 Å². The predicted octanol–water partition coefficient (Wildman–Crippen LogP) is 4.39. The molecule has 12 atom stereocenters. The number of aliphatic hydroxyl groups is 1. The third-order valence-electron chi connectivity index (χ3n) is 16.9. The molecule has 510 valence electrons. The Morgan fingerprint density at radius 2 is 1.27 bits per heavy atom. The molecule has 1 saturated heterocycles. The van der Waals surface area contributed by atoms with Gasteiger partial charge in [-0.3, -0.25) is 48.1 Å². The second-order valence-corrected chi connectivity index (χ2v) is 25.0. The van der Waals surface area contributed by atoms with E-state index in [1.807, 2.05) is 32.0 Å². The van der Waals surface area contributed by atoms with Crippen molar-refractivity contribution in [2.75, 3.05) is 39.2 Å². The monoisotopic (exact) mass is 1290 g/mol. The number of carbonyl (C=O) groups excluding carboxylic acids is 11. The van der Waals surface area contributed by atoms with Crippen molar-refractivity contribution in [3.8, 4) is 0 Å². The van der Waals surface area contributed by atoms with Gasteiger partial charge >= 0.3 is 12.1 Å². The summed E-state index contributed by atoms with van der Waals surface area (Å²) in [5.74, 6) is -6.21. The highest BCUT2D eigenvalue weighted by atomic mass is 16.5. The Bertz CT molecular complexity index is 2800. The van der Waals surface area contributed by atoms with Gasteiger partial charge in [0, 0.05) is 58.1 Å². The van der Waals surface area contributed by atoms with Crippen molar-refractivity contribution in [1.29, 1.82) is 0 Å². The molecule has 0 aliphatic carbocycles. The molecule has 4 unspecified atom stereocenters. The van der Waals surface area contributed by atoms with Crippen molar-refractivity contribution in [1.82, 2.24) is 47.0 Å². The topological polar surface area (TPSA) is 364 Å². The number of methoxy groups -OCH3 is 2. The standard InChI is InChI=1S/C66H101N11O15/c1-13-41(8)57(49(90-11)36-53(81)76-35-21-25-48(76)59(91-12)42(9)60(83)69-43(10)58(82)45-22-16-14-17-23-45)74-63(86)55(39(4)5)73-64(87)56(40(6)7)75-66(89)92-37-44-27-29-46(30-28-44)70-61(84)47(24-20-33-68-65(67)88)71-62(85)54(38(2)3)72-50(78)26-18-15-19-34-77-51(79)31-32-52(77)80/h14,16-17,22-23,27-32,38-43,47-49,54-59,82H,13,15,18-21,24-26,33-37H2,1-12H3,(H,69,83)(H,70,84)(H,71,85)(H,72,78)(H,73,87)(H,74,86)(H,75,89)(H3,67,68,88)/t41-,42+,43+,47?,48-,49+,54?,55?,56?,57-,58+,59+/m0/s1.